The van der Waals surface area contributed by atoms with Crippen LogP contribution in [0.25, 0.3) is 0 Å². The third-order valence-corrected chi connectivity index (χ3v) is 5.07. The lowest BCUT2D eigenvalue weighted by Gasteiger charge is -2.13. The lowest BCUT2D eigenvalue weighted by molar-refractivity contribution is 0.0939. The third-order valence-electron chi connectivity index (χ3n) is 4.13. The molecule has 0 saturated carbocycles. The third kappa shape index (κ3) is 8.30. The van der Waals surface area contributed by atoms with Gasteiger partial charge in [-0.15, -0.1) is 35.3 Å². The van der Waals surface area contributed by atoms with Gasteiger partial charge in [-0.25, -0.2) is 0 Å². The number of amides is 1. The van der Waals surface area contributed by atoms with E-state index in [1.54, 1.807) is 18.4 Å². The number of carbonyl (C=O) groups excluding carboxylic acids is 1. The maximum atomic E-state index is 12.1. The van der Waals surface area contributed by atoms with Gasteiger partial charge in [-0.2, -0.15) is 0 Å². The zero-order valence-corrected chi connectivity index (χ0v) is 19.3. The van der Waals surface area contributed by atoms with E-state index in [-0.39, 0.29) is 35.9 Å². The molecule has 148 valence electrons. The van der Waals surface area contributed by atoms with Gasteiger partial charge in [-0.1, -0.05) is 25.1 Å². The molecule has 0 saturated heterocycles. The Balaban J connectivity index is 0.00000364. The topological polar surface area (TPSA) is 65.5 Å². The minimum Gasteiger partial charge on any atom is -0.356 e. The second kappa shape index (κ2) is 12.7. The minimum absolute atomic E-state index is 0. The monoisotopic (exact) mass is 500 g/mol. The summed E-state index contributed by atoms with van der Waals surface area (Å²) in [7, 11) is 1.77. The summed E-state index contributed by atoms with van der Waals surface area (Å²) in [6.45, 7) is 5.56. The molecular formula is C20H29IN4OS. The van der Waals surface area contributed by atoms with Crippen LogP contribution in [0.4, 0.5) is 0 Å². The summed E-state index contributed by atoms with van der Waals surface area (Å²) in [4.78, 5) is 17.7. The molecule has 0 fully saturated rings. The van der Waals surface area contributed by atoms with E-state index in [1.165, 1.54) is 4.88 Å². The highest BCUT2D eigenvalue weighted by molar-refractivity contribution is 14.0. The Morgan fingerprint density at radius 2 is 1.93 bits per heavy atom. The van der Waals surface area contributed by atoms with Crippen LogP contribution in [0.15, 0.2) is 46.8 Å². The standard InChI is InChI=1S/C20H28N4OS.HI/c1-4-15(2)24-19(25)17-9-7-16(8-10-17)14-23-20(21-3)22-12-11-18-6-5-13-26-18;/h5-10,13,15H,4,11-12,14H2,1-3H3,(H,24,25)(H2,21,22,23);1H. The lowest BCUT2D eigenvalue weighted by atomic mass is 10.1. The van der Waals surface area contributed by atoms with Crippen LogP contribution in [-0.4, -0.2) is 31.5 Å². The van der Waals surface area contributed by atoms with Crippen molar-refractivity contribution < 1.29 is 4.79 Å². The Bertz CT molecular complexity index is 701. The van der Waals surface area contributed by atoms with Crippen LogP contribution < -0.4 is 16.0 Å². The Morgan fingerprint density at radius 3 is 2.52 bits per heavy atom. The number of benzene rings is 1. The average Bonchev–Trinajstić information content (AvgIpc) is 3.18. The van der Waals surface area contributed by atoms with E-state index in [2.05, 4.69) is 45.4 Å². The highest BCUT2D eigenvalue weighted by Gasteiger charge is 2.08. The molecule has 0 aliphatic heterocycles. The largest absolute Gasteiger partial charge is 0.356 e. The molecule has 7 heteroatoms. The first kappa shape index (κ1) is 23.4. The summed E-state index contributed by atoms with van der Waals surface area (Å²) in [6, 6.07) is 12.1. The van der Waals surface area contributed by atoms with Gasteiger partial charge in [0.05, 0.1) is 0 Å². The quantitative estimate of drug-likeness (QED) is 0.294. The van der Waals surface area contributed by atoms with Crippen molar-refractivity contribution in [3.05, 3.63) is 57.8 Å². The highest BCUT2D eigenvalue weighted by atomic mass is 127. The molecule has 5 nitrogen and oxygen atoms in total. The molecule has 0 spiro atoms. The van der Waals surface area contributed by atoms with Crippen LogP contribution in [-0.2, 0) is 13.0 Å². The van der Waals surface area contributed by atoms with E-state index < -0.39 is 0 Å². The smallest absolute Gasteiger partial charge is 0.251 e. The molecule has 1 aromatic carbocycles. The molecule has 2 aromatic rings. The van der Waals surface area contributed by atoms with Gasteiger partial charge in [0.15, 0.2) is 5.96 Å². The van der Waals surface area contributed by atoms with Crippen LogP contribution in [0.2, 0.25) is 0 Å². The van der Waals surface area contributed by atoms with Gasteiger partial charge in [0, 0.05) is 36.6 Å². The summed E-state index contributed by atoms with van der Waals surface area (Å²) in [5.74, 6) is 0.755. The number of thiophene rings is 1. The minimum atomic E-state index is -0.0232. The molecular weight excluding hydrogens is 471 g/mol. The summed E-state index contributed by atoms with van der Waals surface area (Å²) in [6.07, 6.45) is 1.91. The fourth-order valence-corrected chi connectivity index (χ4v) is 3.06. The molecule has 1 atom stereocenters. The number of guanidine groups is 1. The van der Waals surface area contributed by atoms with Crippen LogP contribution in [0.5, 0.6) is 0 Å². The van der Waals surface area contributed by atoms with E-state index in [1.807, 2.05) is 31.2 Å². The first-order valence-electron chi connectivity index (χ1n) is 8.99. The van der Waals surface area contributed by atoms with Gasteiger partial charge < -0.3 is 16.0 Å². The summed E-state index contributed by atoms with van der Waals surface area (Å²) in [5, 5.41) is 11.7. The lowest BCUT2D eigenvalue weighted by Crippen LogP contribution is -2.37. The zero-order chi connectivity index (χ0) is 18.8. The molecule has 1 aromatic heterocycles. The first-order chi connectivity index (χ1) is 12.6. The maximum absolute atomic E-state index is 12.1. The number of carbonyl (C=O) groups is 1. The Hall–Kier alpha value is -1.61. The van der Waals surface area contributed by atoms with Gasteiger partial charge in [0.2, 0.25) is 0 Å². The second-order valence-electron chi connectivity index (χ2n) is 6.16. The van der Waals surface area contributed by atoms with E-state index in [0.29, 0.717) is 12.1 Å². The number of halogens is 1. The number of hydrogen-bond donors (Lipinski definition) is 3. The SMILES string of the molecule is CCC(C)NC(=O)c1ccc(CNC(=NC)NCCc2cccs2)cc1.I. The van der Waals surface area contributed by atoms with Gasteiger partial charge >= 0.3 is 0 Å². The van der Waals surface area contributed by atoms with E-state index in [0.717, 1.165) is 30.9 Å². The molecule has 1 heterocycles. The predicted molar refractivity (Wildman–Crippen MR) is 125 cm³/mol. The molecule has 0 aliphatic rings. The Morgan fingerprint density at radius 1 is 1.19 bits per heavy atom. The van der Waals surface area contributed by atoms with Crippen molar-refractivity contribution in [1.29, 1.82) is 0 Å². The molecule has 3 N–H and O–H groups in total. The molecule has 0 bridgehead atoms. The molecule has 1 unspecified atom stereocenters. The molecule has 2 rings (SSSR count). The molecule has 0 radical (unpaired) electrons. The van der Waals surface area contributed by atoms with Crippen LogP contribution in [0.3, 0.4) is 0 Å². The average molecular weight is 500 g/mol. The van der Waals surface area contributed by atoms with Gasteiger partial charge in [0.25, 0.3) is 5.91 Å². The van der Waals surface area contributed by atoms with Crippen LogP contribution in [0, 0.1) is 0 Å². The predicted octanol–water partition coefficient (Wildman–Crippen LogP) is 3.80. The van der Waals surface area contributed by atoms with E-state index >= 15 is 0 Å². The van der Waals surface area contributed by atoms with Gasteiger partial charge in [-0.3, -0.25) is 9.79 Å². The van der Waals surface area contributed by atoms with Gasteiger partial charge in [0.1, 0.15) is 0 Å². The molecule has 1 amide bonds. The number of nitrogens with zero attached hydrogens (tertiary/aromatic N) is 1. The normalized spacial score (nSPS) is 12.0. The van der Waals surface area contributed by atoms with Crippen LogP contribution in [0.1, 0.15) is 41.1 Å². The van der Waals surface area contributed by atoms with Crippen molar-refractivity contribution in [2.45, 2.75) is 39.3 Å². The van der Waals surface area contributed by atoms with Crippen molar-refractivity contribution in [3.63, 3.8) is 0 Å². The summed E-state index contributed by atoms with van der Waals surface area (Å²) < 4.78 is 0. The van der Waals surface area contributed by atoms with E-state index in [4.69, 9.17) is 0 Å². The van der Waals surface area contributed by atoms with Crippen molar-refractivity contribution in [3.8, 4) is 0 Å². The van der Waals surface area contributed by atoms with Crippen LogP contribution >= 0.6 is 35.3 Å². The number of hydrogen-bond acceptors (Lipinski definition) is 3. The summed E-state index contributed by atoms with van der Waals surface area (Å²) >= 11 is 1.77. The Kier molecular flexibility index (Phi) is 11.0. The van der Waals surface area contributed by atoms with Crippen molar-refractivity contribution in [1.82, 2.24) is 16.0 Å². The fourth-order valence-electron chi connectivity index (χ4n) is 2.35. The first-order valence-corrected chi connectivity index (χ1v) is 9.87. The molecule has 27 heavy (non-hydrogen) atoms. The molecule has 0 aliphatic carbocycles. The Labute approximate surface area is 183 Å². The van der Waals surface area contributed by atoms with Crippen molar-refractivity contribution in [2.24, 2.45) is 4.99 Å². The highest BCUT2D eigenvalue weighted by Crippen LogP contribution is 2.08. The van der Waals surface area contributed by atoms with Gasteiger partial charge in [-0.05, 0) is 48.9 Å². The number of nitrogens with one attached hydrogen (secondary N) is 3. The second-order valence-corrected chi connectivity index (χ2v) is 7.19. The summed E-state index contributed by atoms with van der Waals surface area (Å²) in [5.41, 5.74) is 1.79. The number of aliphatic imine (C=N–C) groups is 1. The van der Waals surface area contributed by atoms with Crippen molar-refractivity contribution in [2.75, 3.05) is 13.6 Å². The zero-order valence-electron chi connectivity index (χ0n) is 16.1. The fraction of sp³-hybridized carbons (Fsp3) is 0.400. The maximum Gasteiger partial charge on any atom is 0.251 e. The van der Waals surface area contributed by atoms with E-state index in [9.17, 15) is 4.79 Å². The van der Waals surface area contributed by atoms with Crippen molar-refractivity contribution >= 4 is 47.2 Å². The number of rotatable bonds is 8.